The molecule has 2 nitrogen and oxygen atoms in total. The summed E-state index contributed by atoms with van der Waals surface area (Å²) in [4.78, 5) is 2.63. The van der Waals surface area contributed by atoms with Crippen molar-refractivity contribution in [3.8, 4) is 0 Å². The maximum absolute atomic E-state index is 3.49. The molecule has 1 aliphatic heterocycles. The maximum atomic E-state index is 3.49. The molecule has 1 heterocycles. The summed E-state index contributed by atoms with van der Waals surface area (Å²) in [7, 11) is 2.08. The molecule has 0 aliphatic carbocycles. The summed E-state index contributed by atoms with van der Waals surface area (Å²) in [5, 5.41) is 3.49. The molecule has 0 radical (unpaired) electrons. The molecule has 1 aromatic carbocycles. The van der Waals surface area contributed by atoms with E-state index in [1.54, 1.807) is 0 Å². The second kappa shape index (κ2) is 7.80. The van der Waals surface area contributed by atoms with Crippen molar-refractivity contribution in [1.29, 1.82) is 0 Å². The molecule has 20 heavy (non-hydrogen) atoms. The Kier molecular flexibility index (Phi) is 6.06. The van der Waals surface area contributed by atoms with Crippen molar-refractivity contribution < 1.29 is 0 Å². The molecule has 0 amide bonds. The fourth-order valence-electron chi connectivity index (χ4n) is 3.05. The molecule has 112 valence electrons. The normalized spacial score (nSPS) is 19.0. The predicted octanol–water partition coefficient (Wildman–Crippen LogP) is 3.95. The Hall–Kier alpha value is -0.860. The van der Waals surface area contributed by atoms with Crippen LogP contribution in [0.4, 0.5) is 0 Å². The van der Waals surface area contributed by atoms with Crippen LogP contribution < -0.4 is 5.32 Å². The zero-order chi connectivity index (χ0) is 14.4. The Bertz CT molecular complexity index is 375. The number of benzene rings is 1. The Labute approximate surface area is 124 Å². The van der Waals surface area contributed by atoms with Gasteiger partial charge in [0.1, 0.15) is 0 Å². The van der Waals surface area contributed by atoms with Gasteiger partial charge in [0.25, 0.3) is 0 Å². The summed E-state index contributed by atoms with van der Waals surface area (Å²) >= 11 is 0. The summed E-state index contributed by atoms with van der Waals surface area (Å²) in [6.07, 6.45) is 5.54. The van der Waals surface area contributed by atoms with Gasteiger partial charge in [0.05, 0.1) is 0 Å². The highest BCUT2D eigenvalue weighted by Gasteiger charge is 2.16. The van der Waals surface area contributed by atoms with E-state index < -0.39 is 0 Å². The quantitative estimate of drug-likeness (QED) is 0.874. The van der Waals surface area contributed by atoms with Crippen LogP contribution in [-0.2, 0) is 0 Å². The Morgan fingerprint density at radius 3 is 2.00 bits per heavy atom. The third-order valence-corrected chi connectivity index (χ3v) is 4.49. The third-order valence-electron chi connectivity index (χ3n) is 4.49. The van der Waals surface area contributed by atoms with Gasteiger partial charge in [-0.15, -0.1) is 0 Å². The first kappa shape index (κ1) is 15.5. The molecule has 2 heteroatoms. The first-order valence-corrected chi connectivity index (χ1v) is 8.20. The van der Waals surface area contributed by atoms with Gasteiger partial charge in [-0.2, -0.15) is 0 Å². The minimum absolute atomic E-state index is 0.453. The highest BCUT2D eigenvalue weighted by atomic mass is 15.1. The SMILES string of the molecule is CNC(CN1CCCCCC1)c1ccc(C(C)C)cc1. The summed E-state index contributed by atoms with van der Waals surface area (Å²) in [5.74, 6) is 0.614. The predicted molar refractivity (Wildman–Crippen MR) is 87.2 cm³/mol. The van der Waals surface area contributed by atoms with E-state index in [1.165, 1.54) is 49.9 Å². The van der Waals surface area contributed by atoms with Crippen molar-refractivity contribution in [2.24, 2.45) is 0 Å². The van der Waals surface area contributed by atoms with Crippen molar-refractivity contribution in [2.75, 3.05) is 26.7 Å². The van der Waals surface area contributed by atoms with Crippen molar-refractivity contribution in [3.05, 3.63) is 35.4 Å². The van der Waals surface area contributed by atoms with Crippen LogP contribution in [0, 0.1) is 0 Å². The lowest BCUT2D eigenvalue weighted by Crippen LogP contribution is -2.34. The van der Waals surface area contributed by atoms with Gasteiger partial charge in [-0.05, 0) is 50.0 Å². The van der Waals surface area contributed by atoms with Crippen molar-refractivity contribution >= 4 is 0 Å². The minimum atomic E-state index is 0.453. The lowest BCUT2D eigenvalue weighted by molar-refractivity contribution is 0.255. The van der Waals surface area contributed by atoms with E-state index in [4.69, 9.17) is 0 Å². The molecule has 0 aromatic heterocycles. The van der Waals surface area contributed by atoms with Gasteiger partial charge < -0.3 is 10.2 Å². The molecular weight excluding hydrogens is 244 g/mol. The van der Waals surface area contributed by atoms with Gasteiger partial charge in [-0.1, -0.05) is 51.0 Å². The van der Waals surface area contributed by atoms with Crippen LogP contribution in [-0.4, -0.2) is 31.6 Å². The number of likely N-dealkylation sites (N-methyl/N-ethyl adjacent to an activating group) is 1. The molecule has 1 aliphatic rings. The van der Waals surface area contributed by atoms with E-state index in [0.29, 0.717) is 12.0 Å². The third kappa shape index (κ3) is 4.32. The van der Waals surface area contributed by atoms with Crippen LogP contribution in [0.2, 0.25) is 0 Å². The number of nitrogens with zero attached hydrogens (tertiary/aromatic N) is 1. The monoisotopic (exact) mass is 274 g/mol. The molecule has 1 aromatic rings. The van der Waals surface area contributed by atoms with E-state index in [0.717, 1.165) is 6.54 Å². The van der Waals surface area contributed by atoms with Crippen LogP contribution in [0.25, 0.3) is 0 Å². The second-order valence-electron chi connectivity index (χ2n) is 6.38. The maximum Gasteiger partial charge on any atom is 0.0446 e. The number of rotatable bonds is 5. The smallest absolute Gasteiger partial charge is 0.0446 e. The molecular formula is C18H30N2. The zero-order valence-electron chi connectivity index (χ0n) is 13.4. The van der Waals surface area contributed by atoms with Crippen molar-refractivity contribution in [1.82, 2.24) is 10.2 Å². The average molecular weight is 274 g/mol. The zero-order valence-corrected chi connectivity index (χ0v) is 13.4. The molecule has 0 spiro atoms. The first-order valence-electron chi connectivity index (χ1n) is 8.20. The van der Waals surface area contributed by atoms with Crippen LogP contribution in [0.1, 0.15) is 62.6 Å². The summed E-state index contributed by atoms with van der Waals surface area (Å²) < 4.78 is 0. The number of hydrogen-bond acceptors (Lipinski definition) is 2. The lowest BCUT2D eigenvalue weighted by atomic mass is 9.99. The van der Waals surface area contributed by atoms with Gasteiger partial charge in [0.15, 0.2) is 0 Å². The largest absolute Gasteiger partial charge is 0.312 e. The summed E-state index contributed by atoms with van der Waals surface area (Å²) in [5.41, 5.74) is 2.85. The first-order chi connectivity index (χ1) is 9.70. The standard InChI is InChI=1S/C18H30N2/c1-15(2)16-8-10-17(11-9-16)18(19-3)14-20-12-6-4-5-7-13-20/h8-11,15,18-19H,4-7,12-14H2,1-3H3. The number of likely N-dealkylation sites (tertiary alicyclic amines) is 1. The van der Waals surface area contributed by atoms with Crippen molar-refractivity contribution in [2.45, 2.75) is 51.5 Å². The highest BCUT2D eigenvalue weighted by Crippen LogP contribution is 2.20. The fraction of sp³-hybridized carbons (Fsp3) is 0.667. The van der Waals surface area contributed by atoms with E-state index >= 15 is 0 Å². The minimum Gasteiger partial charge on any atom is -0.312 e. The average Bonchev–Trinajstić information content (AvgIpc) is 2.73. The number of nitrogens with one attached hydrogen (secondary N) is 1. The lowest BCUT2D eigenvalue weighted by Gasteiger charge is -2.26. The highest BCUT2D eigenvalue weighted by molar-refractivity contribution is 5.27. The van der Waals surface area contributed by atoms with Crippen LogP contribution in [0.3, 0.4) is 0 Å². The van der Waals surface area contributed by atoms with Gasteiger partial charge in [-0.3, -0.25) is 0 Å². The molecule has 0 saturated carbocycles. The van der Waals surface area contributed by atoms with E-state index in [9.17, 15) is 0 Å². The van der Waals surface area contributed by atoms with Gasteiger partial charge >= 0.3 is 0 Å². The Morgan fingerprint density at radius 2 is 1.50 bits per heavy atom. The van der Waals surface area contributed by atoms with E-state index in [1.807, 2.05) is 0 Å². The second-order valence-corrected chi connectivity index (χ2v) is 6.38. The summed E-state index contributed by atoms with van der Waals surface area (Å²) in [6, 6.07) is 9.62. The molecule has 1 unspecified atom stereocenters. The summed E-state index contributed by atoms with van der Waals surface area (Å²) in [6.45, 7) is 8.17. The molecule has 1 saturated heterocycles. The number of hydrogen-bond donors (Lipinski definition) is 1. The Morgan fingerprint density at radius 1 is 0.950 bits per heavy atom. The van der Waals surface area contributed by atoms with Gasteiger partial charge in [0.2, 0.25) is 0 Å². The van der Waals surface area contributed by atoms with Crippen LogP contribution >= 0.6 is 0 Å². The van der Waals surface area contributed by atoms with E-state index in [-0.39, 0.29) is 0 Å². The molecule has 1 N–H and O–H groups in total. The van der Waals surface area contributed by atoms with Gasteiger partial charge in [0, 0.05) is 12.6 Å². The van der Waals surface area contributed by atoms with Gasteiger partial charge in [-0.25, -0.2) is 0 Å². The van der Waals surface area contributed by atoms with Crippen LogP contribution in [0.5, 0.6) is 0 Å². The van der Waals surface area contributed by atoms with Crippen molar-refractivity contribution in [3.63, 3.8) is 0 Å². The molecule has 2 rings (SSSR count). The molecule has 1 fully saturated rings. The van der Waals surface area contributed by atoms with Crippen LogP contribution in [0.15, 0.2) is 24.3 Å². The fourth-order valence-corrected chi connectivity index (χ4v) is 3.05. The topological polar surface area (TPSA) is 15.3 Å². The Balaban J connectivity index is 1.99. The molecule has 1 atom stereocenters. The molecule has 0 bridgehead atoms. The van der Waals surface area contributed by atoms with E-state index in [2.05, 4.69) is 55.4 Å².